The Morgan fingerprint density at radius 2 is 2.30 bits per heavy atom. The van der Waals surface area contributed by atoms with Crippen molar-refractivity contribution in [1.82, 2.24) is 9.71 Å². The average Bonchev–Trinajstić information content (AvgIpc) is 3.04. The van der Waals surface area contributed by atoms with Gasteiger partial charge in [-0.15, -0.1) is 11.3 Å². The molecule has 0 spiro atoms. The number of nitrogens with zero attached hydrogens (tertiary/aromatic N) is 1. The molecule has 1 aromatic rings. The number of carbonyl (C=O) groups excluding carboxylic acids is 1. The number of hydrogen-bond acceptors (Lipinski definition) is 6. The number of aromatic nitrogens is 1. The summed E-state index contributed by atoms with van der Waals surface area (Å²) in [7, 11) is -2.24. The molecule has 0 aromatic carbocycles. The zero-order valence-corrected chi connectivity index (χ0v) is 13.1. The first-order chi connectivity index (χ1) is 9.45. The summed E-state index contributed by atoms with van der Waals surface area (Å²) in [6.45, 7) is 2.07. The maximum absolute atomic E-state index is 12.3. The van der Waals surface area contributed by atoms with E-state index in [0.29, 0.717) is 12.8 Å². The molecule has 20 heavy (non-hydrogen) atoms. The van der Waals surface area contributed by atoms with E-state index in [4.69, 9.17) is 0 Å². The highest BCUT2D eigenvalue weighted by atomic mass is 32.2. The predicted octanol–water partition coefficient (Wildman–Crippen LogP) is 1.21. The lowest BCUT2D eigenvalue weighted by molar-refractivity contribution is -0.145. The normalized spacial score (nSPS) is 22.9. The first-order valence-electron chi connectivity index (χ1n) is 6.41. The molecule has 0 bridgehead atoms. The summed E-state index contributed by atoms with van der Waals surface area (Å²) in [6, 6.07) is 0. The molecule has 0 radical (unpaired) electrons. The zero-order chi connectivity index (χ0) is 14.8. The van der Waals surface area contributed by atoms with Crippen LogP contribution in [0.4, 0.5) is 0 Å². The van der Waals surface area contributed by atoms with Gasteiger partial charge in [-0.05, 0) is 19.8 Å². The third-order valence-electron chi connectivity index (χ3n) is 3.63. The largest absolute Gasteiger partial charge is 0.469 e. The van der Waals surface area contributed by atoms with E-state index in [0.717, 1.165) is 17.0 Å². The van der Waals surface area contributed by atoms with Crippen molar-refractivity contribution in [2.24, 2.45) is 5.92 Å². The van der Waals surface area contributed by atoms with Gasteiger partial charge in [0.25, 0.3) is 0 Å². The van der Waals surface area contributed by atoms with Gasteiger partial charge < -0.3 is 4.74 Å². The molecular weight excluding hydrogens is 300 g/mol. The average molecular weight is 318 g/mol. The van der Waals surface area contributed by atoms with Crippen molar-refractivity contribution in [3.8, 4) is 0 Å². The van der Waals surface area contributed by atoms with Gasteiger partial charge in [0, 0.05) is 11.4 Å². The fourth-order valence-corrected chi connectivity index (χ4v) is 5.01. The van der Waals surface area contributed by atoms with Crippen LogP contribution in [0.25, 0.3) is 0 Å². The number of sulfonamides is 1. The lowest BCUT2D eigenvalue weighted by Crippen LogP contribution is -2.39. The molecule has 8 heteroatoms. The van der Waals surface area contributed by atoms with Crippen LogP contribution < -0.4 is 4.72 Å². The summed E-state index contributed by atoms with van der Waals surface area (Å²) < 4.78 is 31.9. The van der Waals surface area contributed by atoms with Crippen LogP contribution in [-0.4, -0.2) is 31.7 Å². The number of hydrogen-bond donors (Lipinski definition) is 1. The molecule has 1 fully saturated rings. The molecule has 1 aromatic heterocycles. The highest BCUT2D eigenvalue weighted by molar-refractivity contribution is 7.90. The third kappa shape index (κ3) is 3.18. The maximum Gasteiger partial charge on any atom is 0.310 e. The van der Waals surface area contributed by atoms with Crippen LogP contribution in [0.2, 0.25) is 0 Å². The second-order valence-corrected chi connectivity index (χ2v) is 7.75. The van der Waals surface area contributed by atoms with Gasteiger partial charge in [-0.2, -0.15) is 0 Å². The third-order valence-corrected chi connectivity index (χ3v) is 6.48. The summed E-state index contributed by atoms with van der Waals surface area (Å²) in [5, 5.41) is -0.692. The van der Waals surface area contributed by atoms with Crippen molar-refractivity contribution in [3.05, 3.63) is 16.1 Å². The standard InChI is InChI=1S/C12H18N2O4S2/c1-8-10(19-7-13-8)6-14-20(16,17)11-5-3-4-9(11)12(15)18-2/h7,9,11,14H,3-6H2,1-2H3. The number of carbonyl (C=O) groups is 1. The molecule has 1 saturated carbocycles. The highest BCUT2D eigenvalue weighted by Gasteiger charge is 2.42. The van der Waals surface area contributed by atoms with Gasteiger partial charge in [-0.3, -0.25) is 4.79 Å². The maximum atomic E-state index is 12.3. The van der Waals surface area contributed by atoms with Crippen molar-refractivity contribution in [3.63, 3.8) is 0 Å². The minimum absolute atomic E-state index is 0.225. The van der Waals surface area contributed by atoms with E-state index < -0.39 is 27.2 Å². The molecule has 112 valence electrons. The molecule has 2 unspecified atom stereocenters. The first kappa shape index (κ1) is 15.4. The van der Waals surface area contributed by atoms with E-state index in [2.05, 4.69) is 14.4 Å². The molecule has 0 saturated heterocycles. The van der Waals surface area contributed by atoms with E-state index in [-0.39, 0.29) is 6.54 Å². The Balaban J connectivity index is 2.06. The van der Waals surface area contributed by atoms with Crippen LogP contribution in [0.1, 0.15) is 29.8 Å². The van der Waals surface area contributed by atoms with E-state index in [1.807, 2.05) is 6.92 Å². The number of rotatable bonds is 5. The number of methoxy groups -OCH3 is 1. The molecule has 0 aliphatic heterocycles. The topological polar surface area (TPSA) is 85.4 Å². The molecule has 1 aliphatic rings. The van der Waals surface area contributed by atoms with E-state index in [1.54, 1.807) is 5.51 Å². The van der Waals surface area contributed by atoms with Gasteiger partial charge in [0.1, 0.15) is 0 Å². The van der Waals surface area contributed by atoms with Gasteiger partial charge in [-0.1, -0.05) is 6.42 Å². The quantitative estimate of drug-likeness (QED) is 0.825. The number of thiazole rings is 1. The summed E-state index contributed by atoms with van der Waals surface area (Å²) in [6.07, 6.45) is 1.79. The second kappa shape index (κ2) is 6.19. The van der Waals surface area contributed by atoms with Crippen LogP contribution >= 0.6 is 11.3 Å². The number of aryl methyl sites for hydroxylation is 1. The second-order valence-electron chi connectivity index (χ2n) is 4.83. The van der Waals surface area contributed by atoms with E-state index in [9.17, 15) is 13.2 Å². The molecule has 2 atom stereocenters. The number of nitrogens with one attached hydrogen (secondary N) is 1. The Morgan fingerprint density at radius 3 is 2.90 bits per heavy atom. The van der Waals surface area contributed by atoms with Crippen LogP contribution in [0.5, 0.6) is 0 Å². The Hall–Kier alpha value is -0.990. The Kier molecular flexibility index (Phi) is 4.77. The summed E-state index contributed by atoms with van der Waals surface area (Å²) in [5.41, 5.74) is 2.51. The summed E-state index contributed by atoms with van der Waals surface area (Å²) >= 11 is 1.41. The lowest BCUT2D eigenvalue weighted by Gasteiger charge is -2.18. The van der Waals surface area contributed by atoms with Crippen LogP contribution in [0.15, 0.2) is 5.51 Å². The van der Waals surface area contributed by atoms with Crippen molar-refractivity contribution in [2.45, 2.75) is 38.0 Å². The highest BCUT2D eigenvalue weighted by Crippen LogP contribution is 2.31. The summed E-state index contributed by atoms with van der Waals surface area (Å²) in [4.78, 5) is 16.6. The molecule has 1 N–H and O–H groups in total. The number of esters is 1. The smallest absolute Gasteiger partial charge is 0.310 e. The predicted molar refractivity (Wildman–Crippen MR) is 75.8 cm³/mol. The van der Waals surface area contributed by atoms with E-state index in [1.165, 1.54) is 18.4 Å². The zero-order valence-electron chi connectivity index (χ0n) is 11.5. The number of ether oxygens (including phenoxy) is 1. The minimum Gasteiger partial charge on any atom is -0.469 e. The monoisotopic (exact) mass is 318 g/mol. The van der Waals surface area contributed by atoms with Gasteiger partial charge in [0.2, 0.25) is 10.0 Å². The SMILES string of the molecule is COC(=O)C1CCCC1S(=O)(=O)NCc1scnc1C. The van der Waals surface area contributed by atoms with Crippen LogP contribution in [0, 0.1) is 12.8 Å². The molecule has 1 heterocycles. The Morgan fingerprint density at radius 1 is 1.55 bits per heavy atom. The molecule has 1 aliphatic carbocycles. The molecule has 0 amide bonds. The van der Waals surface area contributed by atoms with Crippen molar-refractivity contribution < 1.29 is 17.9 Å². The van der Waals surface area contributed by atoms with Crippen molar-refractivity contribution in [2.75, 3.05) is 7.11 Å². The Labute approximate surface area is 122 Å². The molecular formula is C12H18N2O4S2. The van der Waals surface area contributed by atoms with Crippen LogP contribution in [-0.2, 0) is 26.1 Å². The minimum atomic E-state index is -3.53. The summed E-state index contributed by atoms with van der Waals surface area (Å²) in [5.74, 6) is -0.994. The van der Waals surface area contributed by atoms with Gasteiger partial charge in [-0.25, -0.2) is 18.1 Å². The van der Waals surface area contributed by atoms with Gasteiger partial charge >= 0.3 is 5.97 Å². The molecule has 2 rings (SSSR count). The van der Waals surface area contributed by atoms with Gasteiger partial charge in [0.05, 0.1) is 29.5 Å². The van der Waals surface area contributed by atoms with Gasteiger partial charge in [0.15, 0.2) is 0 Å². The fraction of sp³-hybridized carbons (Fsp3) is 0.667. The Bertz CT molecular complexity index is 582. The fourth-order valence-electron chi connectivity index (χ4n) is 2.49. The van der Waals surface area contributed by atoms with E-state index >= 15 is 0 Å². The van der Waals surface area contributed by atoms with Crippen LogP contribution in [0.3, 0.4) is 0 Å². The van der Waals surface area contributed by atoms with Crippen molar-refractivity contribution in [1.29, 1.82) is 0 Å². The first-order valence-corrected chi connectivity index (χ1v) is 8.83. The van der Waals surface area contributed by atoms with Crippen molar-refractivity contribution >= 4 is 27.3 Å². The lowest BCUT2D eigenvalue weighted by atomic mass is 10.1. The molecule has 6 nitrogen and oxygen atoms in total.